The molecule has 1 aromatic carbocycles. The van der Waals surface area contributed by atoms with E-state index in [2.05, 4.69) is 31.6 Å². The molecule has 0 heterocycles. The SMILES string of the molecule is CN=C(NCCCOCC1CC1)NCc1cc(F)ccc1Br.I. The number of guanidine groups is 1. The second kappa shape index (κ2) is 11.2. The molecule has 0 radical (unpaired) electrons. The molecule has 0 aliphatic heterocycles. The van der Waals surface area contributed by atoms with Crippen LogP contribution >= 0.6 is 39.9 Å². The summed E-state index contributed by atoms with van der Waals surface area (Å²) in [6.07, 6.45) is 3.59. The van der Waals surface area contributed by atoms with Crippen molar-refractivity contribution in [3.63, 3.8) is 0 Å². The van der Waals surface area contributed by atoms with Crippen molar-refractivity contribution in [1.29, 1.82) is 0 Å². The van der Waals surface area contributed by atoms with Crippen molar-refractivity contribution in [3.8, 4) is 0 Å². The van der Waals surface area contributed by atoms with E-state index in [0.717, 1.165) is 42.1 Å². The lowest BCUT2D eigenvalue weighted by Crippen LogP contribution is -2.37. The van der Waals surface area contributed by atoms with Crippen molar-refractivity contribution in [1.82, 2.24) is 10.6 Å². The fraction of sp³-hybridized carbons (Fsp3) is 0.562. The summed E-state index contributed by atoms with van der Waals surface area (Å²) in [5.41, 5.74) is 0.857. The van der Waals surface area contributed by atoms with E-state index in [4.69, 9.17) is 4.74 Å². The van der Waals surface area contributed by atoms with Gasteiger partial charge in [0.25, 0.3) is 0 Å². The number of hydrogen-bond acceptors (Lipinski definition) is 2. The third kappa shape index (κ3) is 8.30. The Labute approximate surface area is 162 Å². The van der Waals surface area contributed by atoms with Gasteiger partial charge in [-0.15, -0.1) is 24.0 Å². The van der Waals surface area contributed by atoms with Gasteiger partial charge in [-0.3, -0.25) is 4.99 Å². The fourth-order valence-corrected chi connectivity index (χ4v) is 2.38. The standard InChI is InChI=1S/C16H23BrFN3O.HI/c1-19-16(20-7-2-8-22-11-12-3-4-12)21-10-13-9-14(18)5-6-15(13)17;/h5-6,9,12H,2-4,7-8,10-11H2,1H3,(H2,19,20,21);1H. The van der Waals surface area contributed by atoms with Gasteiger partial charge >= 0.3 is 0 Å². The molecule has 0 saturated heterocycles. The molecule has 0 unspecified atom stereocenters. The normalized spacial score (nSPS) is 14.3. The highest BCUT2D eigenvalue weighted by Gasteiger charge is 2.20. The van der Waals surface area contributed by atoms with Gasteiger partial charge in [-0.25, -0.2) is 4.39 Å². The topological polar surface area (TPSA) is 45.7 Å². The minimum Gasteiger partial charge on any atom is -0.381 e. The molecule has 0 spiro atoms. The lowest BCUT2D eigenvalue weighted by molar-refractivity contribution is 0.123. The molecule has 2 N–H and O–H groups in total. The maximum atomic E-state index is 13.2. The summed E-state index contributed by atoms with van der Waals surface area (Å²) in [7, 11) is 1.72. The first-order chi connectivity index (χ1) is 10.7. The third-order valence-corrected chi connectivity index (χ3v) is 4.26. The van der Waals surface area contributed by atoms with Crippen molar-refractivity contribution in [3.05, 3.63) is 34.1 Å². The van der Waals surface area contributed by atoms with Crippen molar-refractivity contribution >= 4 is 45.9 Å². The van der Waals surface area contributed by atoms with Gasteiger partial charge in [-0.1, -0.05) is 15.9 Å². The molecule has 1 aromatic rings. The molecular weight excluding hydrogens is 476 g/mol. The Hall–Kier alpha value is -0.410. The van der Waals surface area contributed by atoms with Crippen molar-refractivity contribution in [2.24, 2.45) is 10.9 Å². The minimum absolute atomic E-state index is 0. The van der Waals surface area contributed by atoms with Crippen LogP contribution in [-0.4, -0.2) is 32.8 Å². The smallest absolute Gasteiger partial charge is 0.191 e. The van der Waals surface area contributed by atoms with Gasteiger partial charge in [-0.05, 0) is 48.9 Å². The van der Waals surface area contributed by atoms with Crippen LogP contribution in [0.25, 0.3) is 0 Å². The zero-order valence-corrected chi connectivity index (χ0v) is 17.2. The number of hydrogen-bond donors (Lipinski definition) is 2. The summed E-state index contributed by atoms with van der Waals surface area (Å²) in [6, 6.07) is 4.65. The van der Waals surface area contributed by atoms with E-state index in [-0.39, 0.29) is 29.8 Å². The Morgan fingerprint density at radius 3 is 2.87 bits per heavy atom. The molecule has 130 valence electrons. The molecular formula is C16H24BrFIN3O. The van der Waals surface area contributed by atoms with Gasteiger partial charge in [0.1, 0.15) is 5.82 Å². The maximum absolute atomic E-state index is 13.2. The van der Waals surface area contributed by atoms with E-state index in [1.54, 1.807) is 13.1 Å². The predicted molar refractivity (Wildman–Crippen MR) is 106 cm³/mol. The van der Waals surface area contributed by atoms with Gasteiger partial charge in [0, 0.05) is 37.8 Å². The first-order valence-electron chi connectivity index (χ1n) is 7.65. The maximum Gasteiger partial charge on any atom is 0.191 e. The van der Waals surface area contributed by atoms with Gasteiger partial charge in [0.2, 0.25) is 0 Å². The molecule has 0 atom stereocenters. The van der Waals surface area contributed by atoms with E-state index < -0.39 is 0 Å². The molecule has 1 fully saturated rings. The molecule has 0 aromatic heterocycles. The Balaban J connectivity index is 0.00000264. The number of aliphatic imine (C=N–C) groups is 1. The zero-order valence-electron chi connectivity index (χ0n) is 13.3. The zero-order chi connectivity index (χ0) is 15.8. The molecule has 23 heavy (non-hydrogen) atoms. The molecule has 0 amide bonds. The third-order valence-electron chi connectivity index (χ3n) is 3.49. The Kier molecular flexibility index (Phi) is 10.0. The Bertz CT molecular complexity index is 512. The van der Waals surface area contributed by atoms with E-state index in [1.807, 2.05) is 0 Å². The molecule has 4 nitrogen and oxygen atoms in total. The molecule has 7 heteroatoms. The van der Waals surface area contributed by atoms with Crippen molar-refractivity contribution < 1.29 is 9.13 Å². The quantitative estimate of drug-likeness (QED) is 0.248. The number of ether oxygens (including phenoxy) is 1. The van der Waals surface area contributed by atoms with Gasteiger partial charge in [0.05, 0.1) is 0 Å². The van der Waals surface area contributed by atoms with Crippen LogP contribution in [0.15, 0.2) is 27.7 Å². The van der Waals surface area contributed by atoms with E-state index in [9.17, 15) is 4.39 Å². The molecule has 1 aliphatic carbocycles. The number of halogens is 3. The largest absolute Gasteiger partial charge is 0.381 e. The van der Waals surface area contributed by atoms with Crippen molar-refractivity contribution in [2.75, 3.05) is 26.8 Å². The second-order valence-electron chi connectivity index (χ2n) is 5.46. The average molecular weight is 500 g/mol. The number of nitrogens with zero attached hydrogens (tertiary/aromatic N) is 1. The molecule has 1 aliphatic rings. The Morgan fingerprint density at radius 1 is 1.39 bits per heavy atom. The van der Waals surface area contributed by atoms with Crippen LogP contribution < -0.4 is 10.6 Å². The Morgan fingerprint density at radius 2 is 2.17 bits per heavy atom. The number of rotatable bonds is 8. The fourth-order valence-electron chi connectivity index (χ4n) is 1.99. The predicted octanol–water partition coefficient (Wildman–Crippen LogP) is 3.69. The minimum atomic E-state index is -0.240. The summed E-state index contributed by atoms with van der Waals surface area (Å²) in [5, 5.41) is 6.40. The van der Waals surface area contributed by atoms with Crippen LogP contribution in [0.1, 0.15) is 24.8 Å². The number of benzene rings is 1. The van der Waals surface area contributed by atoms with Gasteiger partial charge in [0.15, 0.2) is 5.96 Å². The van der Waals surface area contributed by atoms with Crippen molar-refractivity contribution in [2.45, 2.75) is 25.8 Å². The van der Waals surface area contributed by atoms with Crippen LogP contribution in [0.2, 0.25) is 0 Å². The van der Waals surface area contributed by atoms with Gasteiger partial charge in [-0.2, -0.15) is 0 Å². The summed E-state index contributed by atoms with van der Waals surface area (Å²) in [6.45, 7) is 2.99. The van der Waals surface area contributed by atoms with E-state index in [0.29, 0.717) is 12.5 Å². The lowest BCUT2D eigenvalue weighted by atomic mass is 10.2. The van der Waals surface area contributed by atoms with Crippen LogP contribution in [0.4, 0.5) is 4.39 Å². The van der Waals surface area contributed by atoms with E-state index >= 15 is 0 Å². The molecule has 0 bridgehead atoms. The first kappa shape index (κ1) is 20.6. The summed E-state index contributed by atoms with van der Waals surface area (Å²) in [4.78, 5) is 4.16. The highest BCUT2D eigenvalue weighted by Crippen LogP contribution is 2.28. The molecule has 2 rings (SSSR count). The highest BCUT2D eigenvalue weighted by atomic mass is 127. The first-order valence-corrected chi connectivity index (χ1v) is 8.44. The lowest BCUT2D eigenvalue weighted by Gasteiger charge is -2.13. The van der Waals surface area contributed by atoms with E-state index in [1.165, 1.54) is 25.0 Å². The van der Waals surface area contributed by atoms with Crippen LogP contribution in [0.5, 0.6) is 0 Å². The number of nitrogens with one attached hydrogen (secondary N) is 2. The van der Waals surface area contributed by atoms with Gasteiger partial charge < -0.3 is 15.4 Å². The van der Waals surface area contributed by atoms with Crippen LogP contribution in [0, 0.1) is 11.7 Å². The summed E-state index contributed by atoms with van der Waals surface area (Å²) < 4.78 is 19.7. The monoisotopic (exact) mass is 499 g/mol. The molecule has 1 saturated carbocycles. The van der Waals surface area contributed by atoms with Crippen LogP contribution in [0.3, 0.4) is 0 Å². The average Bonchev–Trinajstić information content (AvgIpc) is 3.33. The highest BCUT2D eigenvalue weighted by molar-refractivity contribution is 14.0. The summed E-state index contributed by atoms with van der Waals surface area (Å²) in [5.74, 6) is 1.28. The second-order valence-corrected chi connectivity index (χ2v) is 6.31. The van der Waals surface area contributed by atoms with Crippen LogP contribution in [-0.2, 0) is 11.3 Å². The summed E-state index contributed by atoms with van der Waals surface area (Å²) >= 11 is 3.42.